The minimum absolute atomic E-state index is 0.959. The molecule has 24 aliphatic heterocycles. The molecule has 50 atom stereocenters. The molecule has 0 radical (unpaired) electrons. The lowest BCUT2D eigenvalue weighted by Gasteiger charge is -2.50. The first kappa shape index (κ1) is 88.8. The third-order valence-electron chi connectivity index (χ3n) is 21.1. The summed E-state index contributed by atoms with van der Waals surface area (Å²) in [4.78, 5) is 0. The van der Waals surface area contributed by atoms with Gasteiger partial charge in [-0.2, -0.15) is 0 Å². The monoisotopic (exact) mass is 1620 g/mol. The van der Waals surface area contributed by atoms with E-state index in [4.69, 9.17) is 94.7 Å². The van der Waals surface area contributed by atoms with Gasteiger partial charge < -0.3 is 248 Å². The predicted octanol–water partition coefficient (Wildman–Crippen LogP) is -21.8. The molecule has 0 saturated carbocycles. The Kier molecular flexibility index (Phi) is 30.6. The summed E-state index contributed by atoms with van der Waals surface area (Å²) < 4.78 is 116. The van der Waals surface area contributed by atoms with Gasteiger partial charge in [-0.1, -0.05) is 0 Å². The van der Waals surface area contributed by atoms with Gasteiger partial charge in [-0.05, 0) is 0 Å². The molecule has 0 aliphatic carbocycles. The van der Waals surface area contributed by atoms with Gasteiger partial charge in [0.25, 0.3) is 0 Å². The Morgan fingerprint density at radius 3 is 0.464 bits per heavy atom. The summed E-state index contributed by atoms with van der Waals surface area (Å²) in [5.74, 6) is 0. The van der Waals surface area contributed by atoms with Crippen LogP contribution in [0.25, 0.3) is 0 Å². The van der Waals surface area contributed by atoms with Crippen molar-refractivity contribution in [2.75, 3.05) is 66.1 Å². The first-order valence-electron chi connectivity index (χ1n) is 35.2. The predicted molar refractivity (Wildman–Crippen MR) is 326 cm³/mol. The minimum Gasteiger partial charge on any atom is -0.394 e. The molecule has 110 heavy (non-hydrogen) atoms. The first-order valence-corrected chi connectivity index (χ1v) is 35.2. The Hall–Kier alpha value is -2.00. The third-order valence-corrected chi connectivity index (χ3v) is 21.1. The van der Waals surface area contributed by atoms with Crippen LogP contribution in [0.5, 0.6) is 0 Å². The SMILES string of the molecule is OC[C@H]1OC(OC[C@H]2O[C@@H]3O[C@H]4[C@H](O)[C@@H](O)[C@@H](O[C@H]5[C@H](O)[C@@H](O)[C@@H](O[C@H]6[C@H](O)[C@@H](O)[C@@H](O[C@H]7[C@H](O)[C@@H](O)[C@@H](O[C@H]8[C@H](O)[C@@H](O)[C@@H](O[C@H]9[C@H](O)[C@@H](O)[C@@H](O[C@H]2[C@H](O)[C@H]3O)O[C@@H]9CO)O[C@@H]8CO)O[C@@H]7COC2O[C@H](CO)[C@@H](O)[C@H](O)[C@H]2O)O[C@@H]6COC2O[C@H](CO)[C@@H](O)[C@H](O)[C@H]2O)O[C@@H]5CO)O[C@@H]4CO)[C@H](O)[C@@H](O)[C@@H]1O. The van der Waals surface area contributed by atoms with E-state index in [1.165, 1.54) is 0 Å². The van der Waals surface area contributed by atoms with Crippen molar-refractivity contribution in [2.24, 2.45) is 0 Å². The normalized spacial score (nSPS) is 55.0. The van der Waals surface area contributed by atoms with Crippen LogP contribution in [0.2, 0.25) is 0 Å². The number of rotatable bonds is 16. The molecule has 640 valence electrons. The second kappa shape index (κ2) is 37.9. The topological polar surface area (TPSA) is 792 Å². The highest BCUT2D eigenvalue weighted by molar-refractivity contribution is 5.03. The van der Waals surface area contributed by atoms with E-state index in [-0.39, 0.29) is 0 Å². The molecule has 14 bridgehead atoms. The highest BCUT2D eigenvalue weighted by Gasteiger charge is 2.61. The van der Waals surface area contributed by atoms with Crippen molar-refractivity contribution in [1.29, 1.82) is 0 Å². The van der Waals surface area contributed by atoms with Gasteiger partial charge in [-0.25, -0.2) is 0 Å². The lowest BCUT2D eigenvalue weighted by Crippen LogP contribution is -2.68. The van der Waals surface area contributed by atoms with Crippen molar-refractivity contribution in [3.8, 4) is 0 Å². The molecule has 50 heteroatoms. The summed E-state index contributed by atoms with van der Waals surface area (Å²) in [6, 6.07) is 0. The second-order valence-electron chi connectivity index (χ2n) is 28.2. The molecule has 0 aromatic rings. The highest BCUT2D eigenvalue weighted by atomic mass is 16.8. The lowest BCUT2D eigenvalue weighted by atomic mass is 9.95. The van der Waals surface area contributed by atoms with E-state index in [0.717, 1.165) is 0 Å². The van der Waals surface area contributed by atoms with Crippen LogP contribution in [0, 0.1) is 0 Å². The van der Waals surface area contributed by atoms with E-state index in [9.17, 15) is 153 Å². The molecule has 3 unspecified atom stereocenters. The number of hydrogen-bond acceptors (Lipinski definition) is 50. The van der Waals surface area contributed by atoms with Crippen LogP contribution < -0.4 is 0 Å². The molecule has 24 heterocycles. The van der Waals surface area contributed by atoms with Crippen LogP contribution in [0.3, 0.4) is 0 Å². The zero-order valence-corrected chi connectivity index (χ0v) is 57.5. The Morgan fingerprint density at radius 1 is 0.145 bits per heavy atom. The van der Waals surface area contributed by atoms with Crippen molar-refractivity contribution >= 4 is 0 Å². The fourth-order valence-electron chi connectivity index (χ4n) is 14.6. The highest BCUT2D eigenvalue weighted by Crippen LogP contribution is 2.41. The number of ether oxygens (including phenoxy) is 20. The third kappa shape index (κ3) is 18.0. The smallest absolute Gasteiger partial charge is 0.187 e. The van der Waals surface area contributed by atoms with Gasteiger partial charge in [0.05, 0.1) is 66.1 Å². The van der Waals surface area contributed by atoms with E-state index in [2.05, 4.69) is 0 Å². The van der Waals surface area contributed by atoms with Gasteiger partial charge >= 0.3 is 0 Å². The van der Waals surface area contributed by atoms with Crippen molar-refractivity contribution in [3.63, 3.8) is 0 Å². The zero-order chi connectivity index (χ0) is 80.1. The quantitative estimate of drug-likeness (QED) is 0.0682. The van der Waals surface area contributed by atoms with Crippen molar-refractivity contribution < 1.29 is 248 Å². The fraction of sp³-hybridized carbons (Fsp3) is 1.00. The van der Waals surface area contributed by atoms with E-state index < -0.39 is 373 Å². The number of aliphatic hydroxyl groups is 30. The molecule has 24 aliphatic rings. The Labute approximate surface area is 619 Å². The minimum atomic E-state index is -2.51. The van der Waals surface area contributed by atoms with Gasteiger partial charge in [0.2, 0.25) is 0 Å². The van der Waals surface area contributed by atoms with Crippen LogP contribution in [0.4, 0.5) is 0 Å². The molecule has 0 aromatic carbocycles. The molecule has 24 saturated heterocycles. The Balaban J connectivity index is 0.931. The van der Waals surface area contributed by atoms with Crippen molar-refractivity contribution in [3.05, 3.63) is 0 Å². The molecule has 0 spiro atoms. The maximum absolute atomic E-state index is 12.1. The molecule has 0 aromatic heterocycles. The number of aliphatic hydroxyl groups excluding tert-OH is 30. The van der Waals surface area contributed by atoms with Crippen molar-refractivity contribution in [1.82, 2.24) is 0 Å². The van der Waals surface area contributed by atoms with Crippen LogP contribution in [-0.4, -0.2) is 526 Å². The lowest BCUT2D eigenvalue weighted by molar-refractivity contribution is -0.401. The Morgan fingerprint density at radius 2 is 0.300 bits per heavy atom. The summed E-state index contributed by atoms with van der Waals surface area (Å²) in [5, 5.41) is 335. The molecule has 30 N–H and O–H groups in total. The molecule has 50 nitrogen and oxygen atoms in total. The van der Waals surface area contributed by atoms with E-state index in [1.807, 2.05) is 0 Å². The maximum atomic E-state index is 12.1. The molecular formula is C60H100O50. The van der Waals surface area contributed by atoms with E-state index >= 15 is 0 Å². The summed E-state index contributed by atoms with van der Waals surface area (Å²) >= 11 is 0. The van der Waals surface area contributed by atoms with E-state index in [0.29, 0.717) is 0 Å². The zero-order valence-electron chi connectivity index (χ0n) is 57.5. The summed E-state index contributed by atoms with van der Waals surface area (Å²) in [6.07, 6.45) is -108. The van der Waals surface area contributed by atoms with Gasteiger partial charge in [0.1, 0.15) is 244 Å². The average molecular weight is 1620 g/mol. The average Bonchev–Trinajstić information content (AvgIpc) is 0.778. The van der Waals surface area contributed by atoms with Gasteiger partial charge in [0, 0.05) is 0 Å². The standard InChI is InChI=1S/C60H100O50/c61-1-11-21(68)24(71)34(81)51(94-11)91-8-18-48-31(78)41(88)58(101-18)106-46-16(6-66)97-54(37(84)27(46)74)105-45-15(5-65)100-57(40(87)30(45)77)109-49-19(9-92-52-35(82)25(72)22(69)12(2-62)95-52)103-60(43(90)33(49)80)110-50-20(10-93-53-36(83)26(73)23(70)13(3-63)96-53)102-59(42(89)32(50)79)107-47-17(7-67)98-55(38(85)28(47)75)104-44-14(4-64)99-56(108-48)39(86)29(44)76/h11-90H,1-10H2/t11-,12-,13-,14-,15-,16-,17-,18-,19-,20-,21-,22-,23-,24+,25+,26+,27-,28-,29-,30-,31-,32-,33-,34-,35-,36-,37-,38-,39-,40-,41-,42-,43-,44-,45-,46-,47-,48-,49-,50-,51?,52?,53?,54-,55-,56-,57-,58-,59-,60-/m1/s1. The molecule has 24 rings (SSSR count). The molecule has 24 fully saturated rings. The number of hydrogen-bond donors (Lipinski definition) is 30. The van der Waals surface area contributed by atoms with Gasteiger partial charge in [0.15, 0.2) is 62.9 Å². The molecular weight excluding hydrogens is 1520 g/mol. The summed E-state index contributed by atoms with van der Waals surface area (Å²) in [5.41, 5.74) is 0. The van der Waals surface area contributed by atoms with Gasteiger partial charge in [-0.15, -0.1) is 0 Å². The van der Waals surface area contributed by atoms with Crippen LogP contribution in [0.1, 0.15) is 0 Å². The largest absolute Gasteiger partial charge is 0.394 e. The molecule has 0 amide bonds. The summed E-state index contributed by atoms with van der Waals surface area (Å²) in [6.45, 7) is -11.0. The van der Waals surface area contributed by atoms with Crippen molar-refractivity contribution in [2.45, 2.75) is 307 Å². The van der Waals surface area contributed by atoms with Gasteiger partial charge in [-0.3, -0.25) is 0 Å². The maximum Gasteiger partial charge on any atom is 0.187 e. The second-order valence-corrected chi connectivity index (χ2v) is 28.2. The van der Waals surface area contributed by atoms with E-state index in [1.54, 1.807) is 0 Å². The Bertz CT molecular complexity index is 2750. The fourth-order valence-corrected chi connectivity index (χ4v) is 14.6. The van der Waals surface area contributed by atoms with Crippen LogP contribution in [0.15, 0.2) is 0 Å². The first-order chi connectivity index (χ1) is 52.2. The summed E-state index contributed by atoms with van der Waals surface area (Å²) in [7, 11) is 0. The van der Waals surface area contributed by atoms with Crippen LogP contribution in [-0.2, 0) is 94.7 Å². The van der Waals surface area contributed by atoms with Crippen LogP contribution >= 0.6 is 0 Å².